The van der Waals surface area contributed by atoms with Crippen molar-refractivity contribution >= 4 is 10.9 Å². The van der Waals surface area contributed by atoms with Gasteiger partial charge in [-0.2, -0.15) is 0 Å². The van der Waals surface area contributed by atoms with E-state index in [1.54, 1.807) is 0 Å². The number of nitrogens with zero attached hydrogens (tertiary/aromatic N) is 4. The summed E-state index contributed by atoms with van der Waals surface area (Å²) in [6.07, 6.45) is 8.03. The van der Waals surface area contributed by atoms with Crippen LogP contribution in [-0.4, -0.2) is 33.0 Å². The summed E-state index contributed by atoms with van der Waals surface area (Å²) >= 11 is 0. The molecule has 0 atom stereocenters. The van der Waals surface area contributed by atoms with Crippen LogP contribution in [0.15, 0.2) is 36.8 Å². The molecule has 1 aliphatic heterocycles. The minimum Gasteiger partial charge on any atom is -0.337 e. The maximum absolute atomic E-state index is 4.48. The van der Waals surface area contributed by atoms with Gasteiger partial charge in [-0.3, -0.25) is 9.97 Å². The molecule has 4 nitrogen and oxygen atoms in total. The van der Waals surface area contributed by atoms with Gasteiger partial charge in [0.05, 0.1) is 5.52 Å². The highest BCUT2D eigenvalue weighted by Crippen LogP contribution is 2.36. The van der Waals surface area contributed by atoms with Gasteiger partial charge in [-0.15, -0.1) is 0 Å². The van der Waals surface area contributed by atoms with E-state index in [-0.39, 0.29) is 5.54 Å². The molecule has 4 heterocycles. The van der Waals surface area contributed by atoms with Crippen LogP contribution in [0, 0.1) is 6.92 Å². The first-order chi connectivity index (χ1) is 12.0. The molecule has 0 saturated heterocycles. The summed E-state index contributed by atoms with van der Waals surface area (Å²) in [6.45, 7) is 8.82. The topological polar surface area (TPSA) is 34.0 Å². The van der Waals surface area contributed by atoms with Gasteiger partial charge in [0, 0.05) is 54.0 Å². The molecule has 1 aliphatic rings. The number of aryl methyl sites for hydroxylation is 1. The average Bonchev–Trinajstić information content (AvgIpc) is 2.91. The van der Waals surface area contributed by atoms with Crippen molar-refractivity contribution in [1.82, 2.24) is 19.4 Å². The number of hydrogen-bond acceptors (Lipinski definition) is 3. The van der Waals surface area contributed by atoms with Crippen LogP contribution in [0.25, 0.3) is 10.9 Å². The van der Waals surface area contributed by atoms with Crippen LogP contribution < -0.4 is 0 Å². The van der Waals surface area contributed by atoms with E-state index in [9.17, 15) is 0 Å². The van der Waals surface area contributed by atoms with Gasteiger partial charge in [0.2, 0.25) is 0 Å². The summed E-state index contributed by atoms with van der Waals surface area (Å²) in [5, 5.41) is 1.32. The second-order valence-corrected chi connectivity index (χ2v) is 7.94. The van der Waals surface area contributed by atoms with Gasteiger partial charge in [0.1, 0.15) is 0 Å². The number of likely N-dealkylation sites (N-methyl/N-ethyl adjacent to an activating group) is 1. The van der Waals surface area contributed by atoms with Crippen molar-refractivity contribution in [3.63, 3.8) is 0 Å². The maximum atomic E-state index is 4.48. The molecule has 0 N–H and O–H groups in total. The highest BCUT2D eigenvalue weighted by atomic mass is 15.2. The third-order valence-electron chi connectivity index (χ3n) is 5.36. The summed E-state index contributed by atoms with van der Waals surface area (Å²) in [5.41, 5.74) is 6.56. The SMILES string of the molecule is Cc1ccc(CC(C)(C)n2c3c(c4cnccc42)CCN(C)C3)cn1. The van der Waals surface area contributed by atoms with Crippen molar-refractivity contribution in [3.8, 4) is 0 Å². The lowest BCUT2D eigenvalue weighted by Crippen LogP contribution is -2.35. The second-order valence-electron chi connectivity index (χ2n) is 7.94. The van der Waals surface area contributed by atoms with Crippen LogP contribution in [0.5, 0.6) is 0 Å². The summed E-state index contributed by atoms with van der Waals surface area (Å²) in [7, 11) is 2.21. The van der Waals surface area contributed by atoms with E-state index in [1.807, 2.05) is 25.5 Å². The van der Waals surface area contributed by atoms with E-state index >= 15 is 0 Å². The summed E-state index contributed by atoms with van der Waals surface area (Å²) in [5.74, 6) is 0. The summed E-state index contributed by atoms with van der Waals surface area (Å²) in [4.78, 5) is 11.3. The van der Waals surface area contributed by atoms with Crippen molar-refractivity contribution in [3.05, 3.63) is 59.3 Å². The highest BCUT2D eigenvalue weighted by molar-refractivity contribution is 5.85. The molecule has 0 radical (unpaired) electrons. The lowest BCUT2D eigenvalue weighted by atomic mass is 9.94. The molecule has 3 aromatic heterocycles. The van der Waals surface area contributed by atoms with Gasteiger partial charge in [-0.1, -0.05) is 6.07 Å². The number of aromatic nitrogens is 3. The number of fused-ring (bicyclic) bond motifs is 3. The van der Waals surface area contributed by atoms with Crippen molar-refractivity contribution < 1.29 is 0 Å². The molecular weight excluding hydrogens is 308 g/mol. The van der Waals surface area contributed by atoms with Gasteiger partial charge < -0.3 is 9.47 Å². The monoisotopic (exact) mass is 334 g/mol. The zero-order chi connectivity index (χ0) is 17.6. The average molecular weight is 334 g/mol. The fourth-order valence-corrected chi connectivity index (χ4v) is 4.21. The van der Waals surface area contributed by atoms with Crippen LogP contribution in [0.2, 0.25) is 0 Å². The number of rotatable bonds is 3. The zero-order valence-corrected chi connectivity index (χ0v) is 15.6. The summed E-state index contributed by atoms with van der Waals surface area (Å²) in [6, 6.07) is 6.48. The maximum Gasteiger partial charge on any atom is 0.0522 e. The Morgan fingerprint density at radius 1 is 1.16 bits per heavy atom. The molecule has 4 rings (SSSR count). The first kappa shape index (κ1) is 16.3. The van der Waals surface area contributed by atoms with E-state index < -0.39 is 0 Å². The number of pyridine rings is 2. The molecule has 0 spiro atoms. The van der Waals surface area contributed by atoms with Gasteiger partial charge in [0.25, 0.3) is 0 Å². The molecule has 4 heteroatoms. The Kier molecular flexibility index (Phi) is 3.88. The van der Waals surface area contributed by atoms with Crippen molar-refractivity contribution in [2.75, 3.05) is 13.6 Å². The molecule has 0 unspecified atom stereocenters. The van der Waals surface area contributed by atoms with Gasteiger partial charge in [-0.25, -0.2) is 0 Å². The Labute approximate surface area is 149 Å². The van der Waals surface area contributed by atoms with Crippen LogP contribution in [-0.2, 0) is 24.9 Å². The summed E-state index contributed by atoms with van der Waals surface area (Å²) < 4.78 is 2.55. The van der Waals surface area contributed by atoms with Crippen molar-refractivity contribution in [1.29, 1.82) is 0 Å². The van der Waals surface area contributed by atoms with E-state index in [0.717, 1.165) is 31.6 Å². The minimum absolute atomic E-state index is 0.0255. The van der Waals surface area contributed by atoms with Crippen molar-refractivity contribution in [2.45, 2.75) is 45.7 Å². The van der Waals surface area contributed by atoms with Crippen LogP contribution >= 0.6 is 0 Å². The van der Waals surface area contributed by atoms with Gasteiger partial charge in [0.15, 0.2) is 0 Å². The normalized spacial score (nSPS) is 15.5. The highest BCUT2D eigenvalue weighted by Gasteiger charge is 2.30. The fourth-order valence-electron chi connectivity index (χ4n) is 4.21. The lowest BCUT2D eigenvalue weighted by molar-refractivity contribution is 0.277. The Hall–Kier alpha value is -2.20. The van der Waals surface area contributed by atoms with Crippen LogP contribution in [0.1, 0.15) is 36.4 Å². The second kappa shape index (κ2) is 5.95. The molecule has 0 aliphatic carbocycles. The third kappa shape index (κ3) is 2.85. The molecule has 25 heavy (non-hydrogen) atoms. The molecular formula is C21H26N4. The zero-order valence-electron chi connectivity index (χ0n) is 15.6. The minimum atomic E-state index is -0.0255. The van der Waals surface area contributed by atoms with E-state index in [4.69, 9.17) is 0 Å². The molecule has 0 fully saturated rings. The first-order valence-corrected chi connectivity index (χ1v) is 9.02. The largest absolute Gasteiger partial charge is 0.337 e. The molecule has 0 aromatic carbocycles. The Morgan fingerprint density at radius 2 is 2.00 bits per heavy atom. The van der Waals surface area contributed by atoms with Crippen LogP contribution in [0.4, 0.5) is 0 Å². The predicted octanol–water partition coefficient (Wildman–Crippen LogP) is 3.71. The van der Waals surface area contributed by atoms with Gasteiger partial charge >= 0.3 is 0 Å². The molecule has 0 saturated carbocycles. The van der Waals surface area contributed by atoms with E-state index in [2.05, 4.69) is 58.5 Å². The third-order valence-corrected chi connectivity index (χ3v) is 5.36. The quantitative estimate of drug-likeness (QED) is 0.732. The Bertz CT molecular complexity index is 906. The van der Waals surface area contributed by atoms with E-state index in [0.29, 0.717) is 0 Å². The molecule has 0 bridgehead atoms. The molecule has 130 valence electrons. The Morgan fingerprint density at radius 3 is 2.76 bits per heavy atom. The molecule has 0 amide bonds. The standard InChI is InChI=1S/C21H26N4/c1-15-5-6-16(12-23-15)11-21(2,3)25-19-7-9-22-13-18(19)17-8-10-24(4)14-20(17)25/h5-7,9,12-13H,8,10-11,14H2,1-4H3. The Balaban J connectivity index is 1.84. The first-order valence-electron chi connectivity index (χ1n) is 9.02. The number of hydrogen-bond donors (Lipinski definition) is 0. The van der Waals surface area contributed by atoms with Gasteiger partial charge in [-0.05, 0) is 63.9 Å². The van der Waals surface area contributed by atoms with Crippen LogP contribution in [0.3, 0.4) is 0 Å². The lowest BCUT2D eigenvalue weighted by Gasteiger charge is -2.33. The van der Waals surface area contributed by atoms with E-state index in [1.165, 1.54) is 27.7 Å². The predicted molar refractivity (Wildman–Crippen MR) is 102 cm³/mol. The van der Waals surface area contributed by atoms with Crippen molar-refractivity contribution in [2.24, 2.45) is 0 Å². The smallest absolute Gasteiger partial charge is 0.0522 e. The fraction of sp³-hybridized carbons (Fsp3) is 0.429. The molecule has 3 aromatic rings.